The van der Waals surface area contributed by atoms with Crippen LogP contribution < -0.4 is 0 Å². The lowest BCUT2D eigenvalue weighted by molar-refractivity contribution is 1.15. The summed E-state index contributed by atoms with van der Waals surface area (Å²) < 4.78 is 0. The van der Waals surface area contributed by atoms with Gasteiger partial charge < -0.3 is 0 Å². The van der Waals surface area contributed by atoms with Crippen LogP contribution in [0.25, 0.3) is 0 Å². The first-order chi connectivity index (χ1) is 4.95. The summed E-state index contributed by atoms with van der Waals surface area (Å²) in [6.07, 6.45) is 8.32. The fourth-order valence-electron chi connectivity index (χ4n) is 0.981. The third kappa shape index (κ3) is 1.24. The van der Waals surface area contributed by atoms with Crippen molar-refractivity contribution in [3.63, 3.8) is 0 Å². The van der Waals surface area contributed by atoms with E-state index in [0.717, 1.165) is 6.42 Å². The van der Waals surface area contributed by atoms with Crippen molar-refractivity contribution in [2.45, 2.75) is 12.8 Å². The van der Waals surface area contributed by atoms with Gasteiger partial charge in [0.2, 0.25) is 0 Å². The molecule has 0 spiro atoms. The topological polar surface area (TPSA) is 12.9 Å². The fraction of sp³-hybridized carbons (Fsp3) is 0.222. The maximum atomic E-state index is 4.04. The molecule has 0 atom stereocenters. The van der Waals surface area contributed by atoms with Gasteiger partial charge in [0, 0.05) is 12.4 Å². The summed E-state index contributed by atoms with van der Waals surface area (Å²) in [6, 6.07) is 4.10. The van der Waals surface area contributed by atoms with Crippen LogP contribution in [0.3, 0.4) is 0 Å². The third-order valence-electron chi connectivity index (χ3n) is 1.65. The van der Waals surface area contributed by atoms with Crippen LogP contribution in [0, 0.1) is 0 Å². The van der Waals surface area contributed by atoms with Crippen molar-refractivity contribution in [2.24, 2.45) is 0 Å². The van der Waals surface area contributed by atoms with Crippen LogP contribution in [0.4, 0.5) is 0 Å². The molecule has 1 nitrogen and oxygen atoms in total. The molecule has 0 saturated carbocycles. The Labute approximate surface area is 60.4 Å². The molecule has 0 radical (unpaired) electrons. The Balaban J connectivity index is 2.11. The second-order valence-corrected chi connectivity index (χ2v) is 2.60. The van der Waals surface area contributed by atoms with Gasteiger partial charge in [-0.2, -0.15) is 0 Å². The van der Waals surface area contributed by atoms with Gasteiger partial charge >= 0.3 is 0 Å². The molecule has 0 N–H and O–H groups in total. The molecule has 2 rings (SSSR count). The van der Waals surface area contributed by atoms with E-state index in [4.69, 9.17) is 0 Å². The quantitative estimate of drug-likeness (QED) is 0.559. The molecule has 0 aliphatic heterocycles. The second-order valence-electron chi connectivity index (χ2n) is 2.60. The first-order valence-electron chi connectivity index (χ1n) is 3.52. The summed E-state index contributed by atoms with van der Waals surface area (Å²) in [6.45, 7) is 0. The van der Waals surface area contributed by atoms with Crippen molar-refractivity contribution in [3.05, 3.63) is 41.7 Å². The molecule has 0 aromatic carbocycles. The van der Waals surface area contributed by atoms with E-state index in [9.17, 15) is 0 Å². The molecular formula is C9H9N. The van der Waals surface area contributed by atoms with Gasteiger partial charge in [0.15, 0.2) is 0 Å². The van der Waals surface area contributed by atoms with E-state index in [1.807, 2.05) is 18.5 Å². The molecule has 1 aliphatic rings. The monoisotopic (exact) mass is 131 g/mol. The minimum atomic E-state index is 1.10. The van der Waals surface area contributed by atoms with Crippen LogP contribution in [0.1, 0.15) is 12.0 Å². The smallest absolute Gasteiger partial charge is 0.0303 e. The predicted molar refractivity (Wildman–Crippen MR) is 40.6 cm³/mol. The lowest BCUT2D eigenvalue weighted by Gasteiger charge is -1.92. The third-order valence-corrected chi connectivity index (χ3v) is 1.65. The zero-order valence-electron chi connectivity index (χ0n) is 5.75. The minimum absolute atomic E-state index is 1.10. The molecule has 1 heterocycles. The van der Waals surface area contributed by atoms with Crippen LogP contribution in [-0.4, -0.2) is 4.98 Å². The Bertz CT molecular complexity index is 249. The lowest BCUT2D eigenvalue weighted by Crippen LogP contribution is -1.81. The zero-order chi connectivity index (χ0) is 6.81. The molecule has 0 saturated heterocycles. The molecule has 1 aromatic rings. The van der Waals surface area contributed by atoms with Gasteiger partial charge in [-0.1, -0.05) is 17.7 Å². The number of hydrogen-bond acceptors (Lipinski definition) is 1. The predicted octanol–water partition coefficient (Wildman–Crippen LogP) is 1.95. The lowest BCUT2D eigenvalue weighted by atomic mass is 10.2. The average Bonchev–Trinajstić information content (AvgIpc) is 2.74. The van der Waals surface area contributed by atoms with E-state index < -0.39 is 0 Å². The summed E-state index contributed by atoms with van der Waals surface area (Å²) in [5, 5.41) is 0. The summed E-state index contributed by atoms with van der Waals surface area (Å²) in [5.74, 6) is 0. The fourth-order valence-corrected chi connectivity index (χ4v) is 0.981. The maximum Gasteiger partial charge on any atom is 0.0303 e. The molecule has 0 amide bonds. The van der Waals surface area contributed by atoms with Gasteiger partial charge in [0.05, 0.1) is 0 Å². The number of hydrogen-bond donors (Lipinski definition) is 0. The molecule has 50 valence electrons. The second kappa shape index (κ2) is 2.25. The van der Waals surface area contributed by atoms with Gasteiger partial charge in [0.1, 0.15) is 0 Å². The van der Waals surface area contributed by atoms with E-state index in [1.54, 1.807) is 5.57 Å². The molecule has 0 fully saturated rings. The highest BCUT2D eigenvalue weighted by Gasteiger charge is 2.06. The van der Waals surface area contributed by atoms with Crippen LogP contribution in [-0.2, 0) is 6.42 Å². The molecular weight excluding hydrogens is 122 g/mol. The molecule has 0 unspecified atom stereocenters. The number of pyridine rings is 1. The summed E-state index contributed by atoms with van der Waals surface area (Å²) >= 11 is 0. The number of allylic oxidation sites excluding steroid dienone is 2. The summed E-state index contributed by atoms with van der Waals surface area (Å²) in [5.41, 5.74) is 2.87. The van der Waals surface area contributed by atoms with E-state index >= 15 is 0 Å². The SMILES string of the molecule is C1=C(Cc2cccnc2)C1. The normalized spacial score (nSPS) is 14.6. The Hall–Kier alpha value is -1.11. The Morgan fingerprint density at radius 3 is 3.00 bits per heavy atom. The highest BCUT2D eigenvalue weighted by molar-refractivity contribution is 5.28. The number of rotatable bonds is 2. The Kier molecular flexibility index (Phi) is 1.28. The van der Waals surface area contributed by atoms with Gasteiger partial charge in [-0.25, -0.2) is 0 Å². The summed E-state index contributed by atoms with van der Waals surface area (Å²) in [7, 11) is 0. The van der Waals surface area contributed by atoms with Crippen molar-refractivity contribution in [2.75, 3.05) is 0 Å². The van der Waals surface area contributed by atoms with Crippen LogP contribution >= 0.6 is 0 Å². The molecule has 1 aromatic heterocycles. The standard InChI is InChI=1S/C9H9N/c1-2-9(7-10-5-1)6-8-3-4-8/h1-3,5,7H,4,6H2. The highest BCUT2D eigenvalue weighted by atomic mass is 14.6. The van der Waals surface area contributed by atoms with Crippen LogP contribution in [0.2, 0.25) is 0 Å². The molecule has 1 heteroatoms. The van der Waals surface area contributed by atoms with E-state index in [1.165, 1.54) is 12.0 Å². The largest absolute Gasteiger partial charge is 0.264 e. The molecule has 0 bridgehead atoms. The van der Waals surface area contributed by atoms with Crippen molar-refractivity contribution < 1.29 is 0 Å². The molecule has 1 aliphatic carbocycles. The van der Waals surface area contributed by atoms with Gasteiger partial charge in [0.25, 0.3) is 0 Å². The van der Waals surface area contributed by atoms with Gasteiger partial charge in [-0.05, 0) is 24.5 Å². The number of nitrogens with zero attached hydrogens (tertiary/aromatic N) is 1. The number of aromatic nitrogens is 1. The molecule has 10 heavy (non-hydrogen) atoms. The first-order valence-corrected chi connectivity index (χ1v) is 3.52. The van der Waals surface area contributed by atoms with Gasteiger partial charge in [-0.3, -0.25) is 4.98 Å². The van der Waals surface area contributed by atoms with Crippen LogP contribution in [0.15, 0.2) is 36.2 Å². The van der Waals surface area contributed by atoms with Crippen molar-refractivity contribution in [1.29, 1.82) is 0 Å². The van der Waals surface area contributed by atoms with Crippen molar-refractivity contribution >= 4 is 0 Å². The van der Waals surface area contributed by atoms with Crippen LogP contribution in [0.5, 0.6) is 0 Å². The van der Waals surface area contributed by atoms with E-state index in [2.05, 4.69) is 17.1 Å². The average molecular weight is 131 g/mol. The minimum Gasteiger partial charge on any atom is -0.264 e. The van der Waals surface area contributed by atoms with Crippen molar-refractivity contribution in [3.8, 4) is 0 Å². The zero-order valence-corrected chi connectivity index (χ0v) is 5.75. The Morgan fingerprint density at radius 1 is 1.50 bits per heavy atom. The van der Waals surface area contributed by atoms with Gasteiger partial charge in [-0.15, -0.1) is 0 Å². The maximum absolute atomic E-state index is 4.04. The highest BCUT2D eigenvalue weighted by Crippen LogP contribution is 2.22. The van der Waals surface area contributed by atoms with E-state index in [-0.39, 0.29) is 0 Å². The van der Waals surface area contributed by atoms with E-state index in [0.29, 0.717) is 0 Å². The first kappa shape index (κ1) is 5.66. The van der Waals surface area contributed by atoms with Crippen molar-refractivity contribution in [1.82, 2.24) is 4.98 Å². The summed E-state index contributed by atoms with van der Waals surface area (Å²) in [4.78, 5) is 4.04. The Morgan fingerprint density at radius 2 is 2.40 bits per heavy atom.